The van der Waals surface area contributed by atoms with Gasteiger partial charge < -0.3 is 14.5 Å². The number of rotatable bonds is 3. The van der Waals surface area contributed by atoms with Gasteiger partial charge in [0.05, 0.1) is 13.3 Å². The summed E-state index contributed by atoms with van der Waals surface area (Å²) in [5.74, 6) is 1.30. The standard InChI is InChI=1S/C18H21N5O2/c1-25-17-14(11-13-3-2-4-15(13)21-17)18(24)23-9-7-22(8-10-23)16-12-19-5-6-20-16/h5-6,11-12H,2-4,7-10H2,1H3. The molecule has 25 heavy (non-hydrogen) atoms. The highest BCUT2D eigenvalue weighted by atomic mass is 16.5. The van der Waals surface area contributed by atoms with Crippen molar-refractivity contribution in [2.75, 3.05) is 38.2 Å². The number of anilines is 1. The van der Waals surface area contributed by atoms with Gasteiger partial charge in [0.15, 0.2) is 0 Å². The molecule has 1 saturated heterocycles. The Morgan fingerprint density at radius 3 is 2.72 bits per heavy atom. The Bertz CT molecular complexity index is 773. The zero-order valence-corrected chi connectivity index (χ0v) is 14.3. The summed E-state index contributed by atoms with van der Waals surface area (Å²) in [4.78, 5) is 30.0. The van der Waals surface area contributed by atoms with Gasteiger partial charge in [-0.25, -0.2) is 9.97 Å². The van der Waals surface area contributed by atoms with E-state index >= 15 is 0 Å². The van der Waals surface area contributed by atoms with Gasteiger partial charge in [-0.3, -0.25) is 9.78 Å². The van der Waals surface area contributed by atoms with Gasteiger partial charge in [0.1, 0.15) is 11.4 Å². The summed E-state index contributed by atoms with van der Waals surface area (Å²) in [6.45, 7) is 2.78. The molecule has 0 bridgehead atoms. The number of nitrogens with zero attached hydrogens (tertiary/aromatic N) is 5. The van der Waals surface area contributed by atoms with Crippen LogP contribution in [0.1, 0.15) is 28.0 Å². The number of ether oxygens (including phenoxy) is 1. The van der Waals surface area contributed by atoms with Crippen molar-refractivity contribution < 1.29 is 9.53 Å². The van der Waals surface area contributed by atoms with Gasteiger partial charge in [0, 0.05) is 44.3 Å². The number of carbonyl (C=O) groups is 1. The van der Waals surface area contributed by atoms with Gasteiger partial charge in [-0.2, -0.15) is 0 Å². The van der Waals surface area contributed by atoms with Crippen LogP contribution in [0.15, 0.2) is 24.7 Å². The Hall–Kier alpha value is -2.70. The predicted octanol–water partition coefficient (Wildman–Crippen LogP) is 1.33. The minimum absolute atomic E-state index is 0.00199. The van der Waals surface area contributed by atoms with E-state index in [1.807, 2.05) is 11.0 Å². The third kappa shape index (κ3) is 3.01. The van der Waals surface area contributed by atoms with E-state index in [2.05, 4.69) is 19.9 Å². The van der Waals surface area contributed by atoms with Gasteiger partial charge in [-0.05, 0) is 30.9 Å². The van der Waals surface area contributed by atoms with Crippen molar-refractivity contribution in [2.24, 2.45) is 0 Å². The Labute approximate surface area is 146 Å². The number of piperazine rings is 1. The molecular weight excluding hydrogens is 318 g/mol. The average molecular weight is 339 g/mol. The molecule has 130 valence electrons. The van der Waals surface area contributed by atoms with E-state index in [4.69, 9.17) is 4.74 Å². The van der Waals surface area contributed by atoms with Crippen LogP contribution in [0, 0.1) is 0 Å². The molecule has 3 heterocycles. The number of carbonyl (C=O) groups excluding carboxylic acids is 1. The number of methoxy groups -OCH3 is 1. The molecule has 7 nitrogen and oxygen atoms in total. The van der Waals surface area contributed by atoms with Crippen LogP contribution in [0.4, 0.5) is 5.82 Å². The highest BCUT2D eigenvalue weighted by Crippen LogP contribution is 2.27. The molecule has 4 rings (SSSR count). The predicted molar refractivity (Wildman–Crippen MR) is 93.0 cm³/mol. The van der Waals surface area contributed by atoms with Crippen molar-refractivity contribution in [3.05, 3.63) is 41.5 Å². The third-order valence-electron chi connectivity index (χ3n) is 4.88. The summed E-state index contributed by atoms with van der Waals surface area (Å²) >= 11 is 0. The maximum atomic E-state index is 13.0. The van der Waals surface area contributed by atoms with Gasteiger partial charge >= 0.3 is 0 Å². The summed E-state index contributed by atoms with van der Waals surface area (Å²) < 4.78 is 5.39. The molecule has 0 spiro atoms. The average Bonchev–Trinajstić information content (AvgIpc) is 3.14. The molecule has 1 aliphatic carbocycles. The maximum absolute atomic E-state index is 13.0. The smallest absolute Gasteiger partial charge is 0.259 e. The number of pyridine rings is 1. The van der Waals surface area contributed by atoms with Crippen molar-refractivity contribution in [3.8, 4) is 5.88 Å². The fraction of sp³-hybridized carbons (Fsp3) is 0.444. The van der Waals surface area contributed by atoms with E-state index in [1.165, 1.54) is 5.56 Å². The minimum Gasteiger partial charge on any atom is -0.480 e. The second kappa shape index (κ2) is 6.66. The topological polar surface area (TPSA) is 71.5 Å². The first-order valence-corrected chi connectivity index (χ1v) is 8.63. The summed E-state index contributed by atoms with van der Waals surface area (Å²) in [7, 11) is 1.58. The monoisotopic (exact) mass is 339 g/mol. The maximum Gasteiger partial charge on any atom is 0.259 e. The highest BCUT2D eigenvalue weighted by Gasteiger charge is 2.27. The van der Waals surface area contributed by atoms with E-state index in [1.54, 1.807) is 25.7 Å². The van der Waals surface area contributed by atoms with Gasteiger partial charge in [-0.15, -0.1) is 0 Å². The number of fused-ring (bicyclic) bond motifs is 1. The molecule has 2 aliphatic rings. The van der Waals surface area contributed by atoms with Crippen LogP contribution in [-0.2, 0) is 12.8 Å². The van der Waals surface area contributed by atoms with E-state index in [9.17, 15) is 4.79 Å². The molecule has 0 atom stereocenters. The number of hydrogen-bond donors (Lipinski definition) is 0. The van der Waals surface area contributed by atoms with Gasteiger partial charge in [0.2, 0.25) is 5.88 Å². The van der Waals surface area contributed by atoms with Crippen LogP contribution in [0.3, 0.4) is 0 Å². The summed E-state index contributed by atoms with van der Waals surface area (Å²) in [6, 6.07) is 1.98. The van der Waals surface area contributed by atoms with Crippen molar-refractivity contribution in [3.63, 3.8) is 0 Å². The molecule has 0 saturated carbocycles. The lowest BCUT2D eigenvalue weighted by atomic mass is 10.1. The lowest BCUT2D eigenvalue weighted by molar-refractivity contribution is 0.0742. The van der Waals surface area contributed by atoms with E-state index in [0.717, 1.165) is 43.9 Å². The fourth-order valence-corrected chi connectivity index (χ4v) is 3.53. The van der Waals surface area contributed by atoms with Crippen LogP contribution < -0.4 is 9.64 Å². The SMILES string of the molecule is COc1nc2c(cc1C(=O)N1CCN(c3cnccn3)CC1)CCC2. The van der Waals surface area contributed by atoms with Crippen molar-refractivity contribution >= 4 is 11.7 Å². The molecule has 1 amide bonds. The zero-order chi connectivity index (χ0) is 17.2. The van der Waals surface area contributed by atoms with Crippen molar-refractivity contribution in [1.29, 1.82) is 0 Å². The highest BCUT2D eigenvalue weighted by molar-refractivity contribution is 5.96. The second-order valence-electron chi connectivity index (χ2n) is 6.35. The summed E-state index contributed by atoms with van der Waals surface area (Å²) in [5.41, 5.74) is 2.83. The molecule has 0 N–H and O–H groups in total. The van der Waals surface area contributed by atoms with E-state index in [0.29, 0.717) is 24.5 Å². The van der Waals surface area contributed by atoms with Gasteiger partial charge in [0.25, 0.3) is 5.91 Å². The first-order chi connectivity index (χ1) is 12.3. The van der Waals surface area contributed by atoms with Gasteiger partial charge in [-0.1, -0.05) is 0 Å². The molecule has 7 heteroatoms. The number of aryl methyl sites for hydroxylation is 2. The van der Waals surface area contributed by atoms with Crippen LogP contribution in [0.2, 0.25) is 0 Å². The molecule has 2 aromatic rings. The zero-order valence-electron chi connectivity index (χ0n) is 14.3. The van der Waals surface area contributed by atoms with Crippen LogP contribution in [0.5, 0.6) is 5.88 Å². The minimum atomic E-state index is -0.00199. The molecule has 1 aliphatic heterocycles. The Morgan fingerprint density at radius 1 is 1.16 bits per heavy atom. The number of amides is 1. The molecular formula is C18H21N5O2. The lowest BCUT2D eigenvalue weighted by Crippen LogP contribution is -2.49. The second-order valence-corrected chi connectivity index (χ2v) is 6.35. The van der Waals surface area contributed by atoms with Crippen molar-refractivity contribution in [2.45, 2.75) is 19.3 Å². The van der Waals surface area contributed by atoms with E-state index < -0.39 is 0 Å². The van der Waals surface area contributed by atoms with Crippen LogP contribution in [-0.4, -0.2) is 59.0 Å². The first kappa shape index (κ1) is 15.8. The Balaban J connectivity index is 1.49. The fourth-order valence-electron chi connectivity index (χ4n) is 3.53. The number of hydrogen-bond acceptors (Lipinski definition) is 6. The quantitative estimate of drug-likeness (QED) is 0.840. The van der Waals surface area contributed by atoms with E-state index in [-0.39, 0.29) is 5.91 Å². The first-order valence-electron chi connectivity index (χ1n) is 8.63. The number of aromatic nitrogens is 3. The largest absolute Gasteiger partial charge is 0.480 e. The normalized spacial score (nSPS) is 16.7. The Morgan fingerprint density at radius 2 is 2.00 bits per heavy atom. The Kier molecular flexibility index (Phi) is 4.21. The molecule has 0 aromatic carbocycles. The summed E-state index contributed by atoms with van der Waals surface area (Å²) in [5, 5.41) is 0. The summed E-state index contributed by atoms with van der Waals surface area (Å²) in [6.07, 6.45) is 8.17. The molecule has 1 fully saturated rings. The molecule has 0 unspecified atom stereocenters. The van der Waals surface area contributed by atoms with Crippen molar-refractivity contribution in [1.82, 2.24) is 19.9 Å². The third-order valence-corrected chi connectivity index (χ3v) is 4.88. The molecule has 0 radical (unpaired) electrons. The lowest BCUT2D eigenvalue weighted by Gasteiger charge is -2.35. The van der Waals surface area contributed by atoms with Crippen LogP contribution >= 0.6 is 0 Å². The molecule has 2 aromatic heterocycles. The van der Waals surface area contributed by atoms with Crippen LogP contribution in [0.25, 0.3) is 0 Å².